The van der Waals surface area contributed by atoms with Crippen LogP contribution < -0.4 is 10.2 Å². The minimum Gasteiger partial charge on any atom is -0.372 e. The van der Waals surface area contributed by atoms with Crippen molar-refractivity contribution in [3.8, 4) is 0 Å². The third-order valence-corrected chi connectivity index (χ3v) is 8.81. The van der Waals surface area contributed by atoms with Gasteiger partial charge in [0, 0.05) is 36.9 Å². The number of benzene rings is 2. The number of hydrogen-bond acceptors (Lipinski definition) is 4. The zero-order chi connectivity index (χ0) is 23.4. The van der Waals surface area contributed by atoms with Gasteiger partial charge in [0.1, 0.15) is 0 Å². The number of piperidine rings is 2. The van der Waals surface area contributed by atoms with E-state index in [-0.39, 0.29) is 29.3 Å². The lowest BCUT2D eigenvalue weighted by Gasteiger charge is -2.32. The highest BCUT2D eigenvalue weighted by Crippen LogP contribution is 2.26. The average molecular weight is 490 g/mol. The highest BCUT2D eigenvalue weighted by atomic mass is 35.5. The number of carbonyl (C=O) groups is 1. The molecule has 2 aromatic carbocycles. The van der Waals surface area contributed by atoms with E-state index in [4.69, 9.17) is 11.6 Å². The monoisotopic (exact) mass is 489 g/mol. The van der Waals surface area contributed by atoms with Gasteiger partial charge in [-0.2, -0.15) is 4.31 Å². The molecule has 4 rings (SSSR count). The molecule has 8 heteroatoms. The second-order valence-corrected chi connectivity index (χ2v) is 11.4. The maximum absolute atomic E-state index is 13.0. The molecule has 2 saturated heterocycles. The van der Waals surface area contributed by atoms with Crippen LogP contribution in [-0.2, 0) is 14.8 Å². The van der Waals surface area contributed by atoms with Crippen molar-refractivity contribution >= 4 is 33.2 Å². The maximum atomic E-state index is 13.0. The quantitative estimate of drug-likeness (QED) is 0.643. The molecule has 0 unspecified atom stereocenters. The van der Waals surface area contributed by atoms with E-state index < -0.39 is 10.0 Å². The van der Waals surface area contributed by atoms with Gasteiger partial charge in [-0.1, -0.05) is 23.7 Å². The van der Waals surface area contributed by atoms with Gasteiger partial charge in [0.2, 0.25) is 15.9 Å². The minimum atomic E-state index is -3.65. The number of halogens is 1. The first-order valence-corrected chi connectivity index (χ1v) is 13.6. The molecule has 2 aromatic rings. The van der Waals surface area contributed by atoms with Crippen molar-refractivity contribution in [2.75, 3.05) is 31.1 Å². The number of carbonyl (C=O) groups excluding carboxylic acids is 1. The van der Waals surface area contributed by atoms with Crippen LogP contribution in [0.3, 0.4) is 0 Å². The van der Waals surface area contributed by atoms with E-state index in [1.807, 2.05) is 6.92 Å². The van der Waals surface area contributed by atoms with Crippen LogP contribution in [0.5, 0.6) is 0 Å². The Balaban J connectivity index is 1.37. The molecule has 6 nitrogen and oxygen atoms in total. The molecule has 2 heterocycles. The van der Waals surface area contributed by atoms with Gasteiger partial charge in [-0.15, -0.1) is 0 Å². The summed E-state index contributed by atoms with van der Waals surface area (Å²) in [4.78, 5) is 15.6. The fraction of sp³-hybridized carbons (Fsp3) is 0.480. The highest BCUT2D eigenvalue weighted by Gasteiger charge is 2.33. The summed E-state index contributed by atoms with van der Waals surface area (Å²) < 4.78 is 27.5. The molecule has 2 atom stereocenters. The molecule has 0 spiro atoms. The van der Waals surface area contributed by atoms with E-state index in [1.54, 1.807) is 12.1 Å². The number of nitrogens with one attached hydrogen (secondary N) is 1. The number of hydrogen-bond donors (Lipinski definition) is 1. The molecule has 1 N–H and O–H groups in total. The zero-order valence-corrected chi connectivity index (χ0v) is 20.6. The van der Waals surface area contributed by atoms with E-state index in [0.29, 0.717) is 24.4 Å². The van der Waals surface area contributed by atoms with E-state index in [2.05, 4.69) is 34.5 Å². The molecular formula is C25H32ClN3O3S. The van der Waals surface area contributed by atoms with Crippen molar-refractivity contribution in [1.82, 2.24) is 9.62 Å². The first kappa shape index (κ1) is 24.0. The number of anilines is 1. The van der Waals surface area contributed by atoms with E-state index >= 15 is 0 Å². The number of rotatable bonds is 6. The number of nitrogens with zero attached hydrogens (tertiary/aromatic N) is 2. The number of sulfonamides is 1. The molecule has 0 bridgehead atoms. The van der Waals surface area contributed by atoms with Crippen LogP contribution in [0, 0.1) is 5.92 Å². The van der Waals surface area contributed by atoms with Crippen molar-refractivity contribution in [3.05, 3.63) is 59.1 Å². The van der Waals surface area contributed by atoms with Crippen LogP contribution in [0.25, 0.3) is 0 Å². The van der Waals surface area contributed by atoms with E-state index in [9.17, 15) is 13.2 Å². The maximum Gasteiger partial charge on any atom is 0.243 e. The van der Waals surface area contributed by atoms with Gasteiger partial charge in [-0.25, -0.2) is 8.42 Å². The lowest BCUT2D eigenvalue weighted by atomic mass is 9.97. The average Bonchev–Trinajstić information content (AvgIpc) is 2.85. The summed E-state index contributed by atoms with van der Waals surface area (Å²) >= 11 is 5.90. The molecule has 2 aliphatic heterocycles. The van der Waals surface area contributed by atoms with Gasteiger partial charge in [0.15, 0.2) is 0 Å². The first-order chi connectivity index (χ1) is 15.8. The van der Waals surface area contributed by atoms with Crippen LogP contribution in [-0.4, -0.2) is 44.8 Å². The first-order valence-electron chi connectivity index (χ1n) is 11.8. The fourth-order valence-electron chi connectivity index (χ4n) is 4.67. The van der Waals surface area contributed by atoms with Crippen LogP contribution in [0.1, 0.15) is 50.6 Å². The van der Waals surface area contributed by atoms with Crippen molar-refractivity contribution in [3.63, 3.8) is 0 Å². The second kappa shape index (κ2) is 10.5. The Bertz CT molecular complexity index is 1050. The summed E-state index contributed by atoms with van der Waals surface area (Å²) in [7, 11) is -3.65. The lowest BCUT2D eigenvalue weighted by molar-refractivity contribution is -0.126. The predicted molar refractivity (Wildman–Crippen MR) is 132 cm³/mol. The fourth-order valence-corrected chi connectivity index (χ4v) is 6.32. The minimum absolute atomic E-state index is 0.0985. The van der Waals surface area contributed by atoms with Gasteiger partial charge in [-0.05, 0) is 81.0 Å². The van der Waals surface area contributed by atoms with Crippen molar-refractivity contribution < 1.29 is 13.2 Å². The Morgan fingerprint density at radius 2 is 1.64 bits per heavy atom. The molecular weight excluding hydrogens is 458 g/mol. The molecule has 0 aromatic heterocycles. The van der Waals surface area contributed by atoms with E-state index in [1.165, 1.54) is 41.4 Å². The van der Waals surface area contributed by atoms with Crippen LogP contribution in [0.2, 0.25) is 5.02 Å². The summed E-state index contributed by atoms with van der Waals surface area (Å²) in [6, 6.07) is 14.4. The van der Waals surface area contributed by atoms with Crippen molar-refractivity contribution in [2.24, 2.45) is 5.92 Å². The third kappa shape index (κ3) is 5.70. The zero-order valence-electron chi connectivity index (χ0n) is 19.0. The molecule has 1 amide bonds. The Hall–Kier alpha value is -2.09. The SMILES string of the molecule is C[C@H](NC(=O)[C@H]1CCCN(S(=O)(=O)c2ccc(Cl)cc2)C1)c1ccc(N2CCCCC2)cc1. The van der Waals surface area contributed by atoms with Gasteiger partial charge < -0.3 is 10.2 Å². The molecule has 0 aliphatic carbocycles. The molecule has 0 radical (unpaired) electrons. The molecule has 178 valence electrons. The van der Waals surface area contributed by atoms with E-state index in [0.717, 1.165) is 18.7 Å². The standard InChI is InChI=1S/C25H32ClN3O3S/c1-19(20-7-11-23(12-8-20)28-15-3-2-4-16-28)27-25(30)21-6-5-17-29(18-21)33(31,32)24-13-9-22(26)10-14-24/h7-14,19,21H,2-6,15-18H2,1H3,(H,27,30)/t19-,21-/m0/s1. The second-order valence-electron chi connectivity index (χ2n) is 9.03. The Morgan fingerprint density at radius 3 is 2.30 bits per heavy atom. The largest absolute Gasteiger partial charge is 0.372 e. The summed E-state index contributed by atoms with van der Waals surface area (Å²) in [6.45, 7) is 4.78. The van der Waals surface area contributed by atoms with Crippen molar-refractivity contribution in [2.45, 2.75) is 50.0 Å². The smallest absolute Gasteiger partial charge is 0.243 e. The molecule has 0 saturated carbocycles. The van der Waals surface area contributed by atoms with Crippen LogP contribution in [0.4, 0.5) is 5.69 Å². The van der Waals surface area contributed by atoms with Gasteiger partial charge in [-0.3, -0.25) is 4.79 Å². The molecule has 2 aliphatic rings. The molecule has 2 fully saturated rings. The predicted octanol–water partition coefficient (Wildman–Crippen LogP) is 4.61. The Kier molecular flexibility index (Phi) is 7.62. The summed E-state index contributed by atoms with van der Waals surface area (Å²) in [5.41, 5.74) is 2.28. The Labute approximate surface area is 202 Å². The number of amides is 1. The summed E-state index contributed by atoms with van der Waals surface area (Å²) in [5.74, 6) is -0.463. The summed E-state index contributed by atoms with van der Waals surface area (Å²) in [6.07, 6.45) is 5.11. The van der Waals surface area contributed by atoms with Gasteiger partial charge in [0.25, 0.3) is 0 Å². The van der Waals surface area contributed by atoms with Crippen LogP contribution in [0.15, 0.2) is 53.4 Å². The topological polar surface area (TPSA) is 69.7 Å². The Morgan fingerprint density at radius 1 is 0.970 bits per heavy atom. The normalized spacial score (nSPS) is 20.9. The van der Waals surface area contributed by atoms with Gasteiger partial charge >= 0.3 is 0 Å². The van der Waals surface area contributed by atoms with Crippen molar-refractivity contribution in [1.29, 1.82) is 0 Å². The van der Waals surface area contributed by atoms with Gasteiger partial charge in [0.05, 0.1) is 16.9 Å². The highest BCUT2D eigenvalue weighted by molar-refractivity contribution is 7.89. The third-order valence-electron chi connectivity index (χ3n) is 6.68. The summed E-state index contributed by atoms with van der Waals surface area (Å²) in [5, 5.41) is 3.58. The van der Waals surface area contributed by atoms with Crippen LogP contribution >= 0.6 is 11.6 Å². The molecule has 33 heavy (non-hydrogen) atoms. The lowest BCUT2D eigenvalue weighted by Crippen LogP contribution is -2.45.